The molecule has 0 aliphatic carbocycles. The molecule has 0 spiro atoms. The highest BCUT2D eigenvalue weighted by molar-refractivity contribution is 7.13. The molecule has 0 radical (unpaired) electrons. The predicted octanol–water partition coefficient (Wildman–Crippen LogP) is -0.0822. The van der Waals surface area contributed by atoms with Gasteiger partial charge in [-0.05, 0) is 0 Å². The van der Waals surface area contributed by atoms with Crippen molar-refractivity contribution in [3.63, 3.8) is 0 Å². The number of rotatable bonds is 6. The first-order chi connectivity index (χ1) is 9.66. The number of morpholine rings is 1. The van der Waals surface area contributed by atoms with Gasteiger partial charge in [-0.2, -0.15) is 0 Å². The first kappa shape index (κ1) is 14.5. The fourth-order valence-electron chi connectivity index (χ4n) is 1.64. The minimum absolute atomic E-state index is 0.0597. The fraction of sp³-hybridized carbons (Fsp3) is 0.600. The Labute approximate surface area is 118 Å². The summed E-state index contributed by atoms with van der Waals surface area (Å²) in [5.74, 6) is -0.368. The van der Waals surface area contributed by atoms with Crippen molar-refractivity contribution in [2.75, 3.05) is 44.4 Å². The average molecular weight is 302 g/mol. The van der Waals surface area contributed by atoms with E-state index in [4.69, 9.17) is 4.74 Å². The Morgan fingerprint density at radius 1 is 1.60 bits per heavy atom. The van der Waals surface area contributed by atoms with Crippen molar-refractivity contribution in [2.45, 2.75) is 0 Å². The quantitative estimate of drug-likeness (QED) is 0.445. The molecule has 1 aromatic rings. The van der Waals surface area contributed by atoms with Crippen molar-refractivity contribution in [3.05, 3.63) is 21.2 Å². The maximum atomic E-state index is 11.7. The van der Waals surface area contributed by atoms with E-state index in [2.05, 4.69) is 20.0 Å². The van der Waals surface area contributed by atoms with E-state index in [-0.39, 0.29) is 19.1 Å². The van der Waals surface area contributed by atoms with Gasteiger partial charge in [-0.15, -0.1) is 21.5 Å². The van der Waals surface area contributed by atoms with Crippen LogP contribution >= 0.6 is 11.3 Å². The summed E-state index contributed by atoms with van der Waals surface area (Å²) in [6.45, 7) is 2.69. The lowest BCUT2D eigenvalue weighted by atomic mass is 10.4. The van der Waals surface area contributed by atoms with Crippen LogP contribution in [0.3, 0.4) is 0 Å². The number of anilines is 1. The Morgan fingerprint density at radius 3 is 3.05 bits per heavy atom. The zero-order chi connectivity index (χ0) is 14.4. The molecule has 1 fully saturated rings. The van der Waals surface area contributed by atoms with Crippen molar-refractivity contribution in [3.8, 4) is 0 Å². The van der Waals surface area contributed by atoms with Gasteiger partial charge in [0.2, 0.25) is 0 Å². The molecule has 110 valence electrons. The number of ether oxygens (including phenoxy) is 1. The molecule has 0 unspecified atom stereocenters. The highest BCUT2D eigenvalue weighted by atomic mass is 32.1. The van der Waals surface area contributed by atoms with Crippen LogP contribution in [0.5, 0.6) is 0 Å². The van der Waals surface area contributed by atoms with Gasteiger partial charge < -0.3 is 19.8 Å². The second-order valence-corrected chi connectivity index (χ2v) is 4.76. The molecule has 1 aliphatic heterocycles. The fourth-order valence-corrected chi connectivity index (χ4v) is 2.50. The largest absolute Gasteiger partial charge is 0.378 e. The molecule has 20 heavy (non-hydrogen) atoms. The van der Waals surface area contributed by atoms with Gasteiger partial charge in [-0.25, -0.2) is 4.98 Å². The lowest BCUT2D eigenvalue weighted by Crippen LogP contribution is -2.36. The minimum Gasteiger partial charge on any atom is -0.378 e. The monoisotopic (exact) mass is 302 g/mol. The Balaban J connectivity index is 1.81. The van der Waals surface area contributed by atoms with Crippen molar-refractivity contribution in [2.24, 2.45) is 0 Å². The summed E-state index contributed by atoms with van der Waals surface area (Å²) in [6, 6.07) is 0. The number of hydrogen-bond acceptors (Lipinski definition) is 8. The molecular weight excluding hydrogens is 288 g/mol. The average Bonchev–Trinajstić information content (AvgIpc) is 2.94. The first-order valence-electron chi connectivity index (χ1n) is 6.00. The molecular formula is C10H14N4O5S. The van der Waals surface area contributed by atoms with Gasteiger partial charge >= 0.3 is 0 Å². The summed E-state index contributed by atoms with van der Waals surface area (Å²) in [5.41, 5.74) is 0.303. The van der Waals surface area contributed by atoms with Gasteiger partial charge in [0.15, 0.2) is 5.13 Å². The van der Waals surface area contributed by atoms with Crippen LogP contribution in [-0.4, -0.2) is 55.4 Å². The third kappa shape index (κ3) is 4.03. The highest BCUT2D eigenvalue weighted by Crippen LogP contribution is 2.21. The number of carbonyl (C=O) groups is 1. The predicted molar refractivity (Wildman–Crippen MR) is 70.4 cm³/mol. The minimum atomic E-state index is -0.897. The number of thiazole rings is 1. The zero-order valence-electron chi connectivity index (χ0n) is 10.6. The molecule has 0 saturated carbocycles. The molecule has 1 aromatic heterocycles. The van der Waals surface area contributed by atoms with E-state index < -0.39 is 5.09 Å². The summed E-state index contributed by atoms with van der Waals surface area (Å²) < 4.78 is 5.25. The summed E-state index contributed by atoms with van der Waals surface area (Å²) in [4.78, 5) is 32.1. The number of aromatic nitrogens is 1. The summed E-state index contributed by atoms with van der Waals surface area (Å²) in [6.07, 6.45) is 0. The Kier molecular flexibility index (Phi) is 5.07. The van der Waals surface area contributed by atoms with Crippen molar-refractivity contribution in [1.29, 1.82) is 0 Å². The molecule has 1 saturated heterocycles. The van der Waals surface area contributed by atoms with Gasteiger partial charge in [0.1, 0.15) is 12.3 Å². The Morgan fingerprint density at radius 2 is 2.35 bits per heavy atom. The second kappa shape index (κ2) is 7.01. The van der Waals surface area contributed by atoms with Gasteiger partial charge in [-0.1, -0.05) is 0 Å². The topological polar surface area (TPSA) is 107 Å². The van der Waals surface area contributed by atoms with E-state index in [1.807, 2.05) is 0 Å². The molecule has 2 rings (SSSR count). The SMILES string of the molecule is O=C(NCCO[N+](=O)[O-])c1csc(N2CCOCC2)n1. The van der Waals surface area contributed by atoms with Crippen LogP contribution in [0.1, 0.15) is 10.5 Å². The summed E-state index contributed by atoms with van der Waals surface area (Å²) in [7, 11) is 0. The van der Waals surface area contributed by atoms with Gasteiger partial charge in [0, 0.05) is 25.0 Å². The number of nitrogens with zero attached hydrogens (tertiary/aromatic N) is 3. The molecule has 1 aliphatic rings. The zero-order valence-corrected chi connectivity index (χ0v) is 11.4. The van der Waals surface area contributed by atoms with Crippen molar-refractivity contribution < 1.29 is 19.5 Å². The van der Waals surface area contributed by atoms with Crippen LogP contribution in [0.15, 0.2) is 5.38 Å². The van der Waals surface area contributed by atoms with Gasteiger partial charge in [-0.3, -0.25) is 4.79 Å². The molecule has 0 atom stereocenters. The van der Waals surface area contributed by atoms with Crippen LogP contribution in [0, 0.1) is 10.1 Å². The van der Waals surface area contributed by atoms with E-state index in [9.17, 15) is 14.9 Å². The second-order valence-electron chi connectivity index (χ2n) is 3.93. The third-order valence-corrected chi connectivity index (χ3v) is 3.49. The number of amides is 1. The van der Waals surface area contributed by atoms with E-state index in [1.165, 1.54) is 11.3 Å². The standard InChI is InChI=1S/C10H14N4O5S/c15-9(11-1-4-19-14(16)17)8-7-20-10(12-8)13-2-5-18-6-3-13/h7H,1-6H2,(H,11,15). The third-order valence-electron chi connectivity index (χ3n) is 2.59. The van der Waals surface area contributed by atoms with Crippen molar-refractivity contribution in [1.82, 2.24) is 10.3 Å². The molecule has 10 heteroatoms. The Hall–Kier alpha value is -1.94. The van der Waals surface area contributed by atoms with Crippen molar-refractivity contribution >= 4 is 22.4 Å². The number of carbonyl (C=O) groups excluding carboxylic acids is 1. The Bertz CT molecular complexity index is 474. The summed E-state index contributed by atoms with van der Waals surface area (Å²) >= 11 is 1.39. The van der Waals surface area contributed by atoms with Crippen LogP contribution in [0.2, 0.25) is 0 Å². The van der Waals surface area contributed by atoms with Gasteiger partial charge in [0.05, 0.1) is 13.2 Å². The van der Waals surface area contributed by atoms with Crippen LogP contribution < -0.4 is 10.2 Å². The lowest BCUT2D eigenvalue weighted by molar-refractivity contribution is -0.757. The van der Waals surface area contributed by atoms with Crippen LogP contribution in [-0.2, 0) is 9.57 Å². The smallest absolute Gasteiger partial charge is 0.294 e. The molecule has 0 aromatic carbocycles. The first-order valence-corrected chi connectivity index (χ1v) is 6.88. The maximum Gasteiger partial charge on any atom is 0.294 e. The van der Waals surface area contributed by atoms with Crippen LogP contribution in [0.25, 0.3) is 0 Å². The molecule has 9 nitrogen and oxygen atoms in total. The molecule has 1 N–H and O–H groups in total. The molecule has 0 bridgehead atoms. The number of nitrogens with one attached hydrogen (secondary N) is 1. The lowest BCUT2D eigenvalue weighted by Gasteiger charge is -2.25. The van der Waals surface area contributed by atoms with E-state index in [0.717, 1.165) is 18.2 Å². The normalized spacial score (nSPS) is 14.9. The molecule has 1 amide bonds. The maximum absolute atomic E-state index is 11.7. The van der Waals surface area contributed by atoms with E-state index >= 15 is 0 Å². The highest BCUT2D eigenvalue weighted by Gasteiger charge is 2.17. The molecule has 2 heterocycles. The van der Waals surface area contributed by atoms with Crippen LogP contribution in [0.4, 0.5) is 5.13 Å². The summed E-state index contributed by atoms with van der Waals surface area (Å²) in [5, 5.41) is 14.0. The van der Waals surface area contributed by atoms with Gasteiger partial charge in [0.25, 0.3) is 11.0 Å². The van der Waals surface area contributed by atoms with E-state index in [1.54, 1.807) is 5.38 Å². The van der Waals surface area contributed by atoms with E-state index in [0.29, 0.717) is 18.9 Å². The number of hydrogen-bond donors (Lipinski definition) is 1.